The van der Waals surface area contributed by atoms with Crippen LogP contribution in [-0.4, -0.2) is 22.6 Å². The minimum absolute atomic E-state index is 0.0709. The zero-order chi connectivity index (χ0) is 83.6. The van der Waals surface area contributed by atoms with Gasteiger partial charge in [-0.2, -0.15) is 5.26 Å². The number of aromatic nitrogens is 2. The van der Waals surface area contributed by atoms with E-state index in [1.54, 1.807) is 0 Å². The first-order chi connectivity index (χ1) is 62.1. The van der Waals surface area contributed by atoms with Gasteiger partial charge in [-0.15, -0.1) is 0 Å². The molecule has 0 amide bonds. The van der Waals surface area contributed by atoms with Crippen LogP contribution < -0.4 is 32.8 Å². The summed E-state index contributed by atoms with van der Waals surface area (Å²) in [5, 5.41) is 25.6. The van der Waals surface area contributed by atoms with Crippen LogP contribution in [0.1, 0.15) is 31.9 Å². The summed E-state index contributed by atoms with van der Waals surface area (Å²) in [6.45, 7) is 7.33. The maximum Gasteiger partial charge on any atom is 0.247 e. The third-order valence-corrected chi connectivity index (χ3v) is 31.1. The van der Waals surface area contributed by atoms with Crippen LogP contribution in [0.3, 0.4) is 0 Å². The van der Waals surface area contributed by atoms with Crippen molar-refractivity contribution in [3.63, 3.8) is 0 Å². The second-order valence-corrected chi connectivity index (χ2v) is 39.0. The number of para-hydroxylation sites is 4. The SMILES string of the molecule is CC(C)(C)c1cc(-c2cc3c4c(c2)Sc2cc(-n5c6ccccc6c6ccccc65)ccc2B4c2ccccc2S3)cc(-c2c3ccccc3c(-c3ccccc3)c3ccccc23)c1.N#Cc1cc(-c2cc3c4c(c2)Sc2cc(-n5c6ccccc6c6ccccc65)ccc2B4c2ccccc2S3)cc(-c2c3ccccc3c(-c3ccccc3)c3ccccc23)c1. The maximum absolute atomic E-state index is 10.6. The molecule has 9 heteroatoms. The molecular weight excluding hydrogens is 1600 g/mol. The Morgan fingerprint density at radius 1 is 0.230 bits per heavy atom. The lowest BCUT2D eigenvalue weighted by atomic mass is 9.36. The molecular formula is C117H75B2N3S4. The summed E-state index contributed by atoms with van der Waals surface area (Å²) < 4.78 is 4.87. The van der Waals surface area contributed by atoms with Crippen molar-refractivity contribution >= 4 is 180 Å². The minimum Gasteiger partial charge on any atom is -0.309 e. The molecule has 588 valence electrons. The van der Waals surface area contributed by atoms with E-state index in [4.69, 9.17) is 0 Å². The second kappa shape index (κ2) is 29.6. The van der Waals surface area contributed by atoms with Crippen LogP contribution >= 0.6 is 47.0 Å². The molecule has 0 unspecified atom stereocenters. The lowest BCUT2D eigenvalue weighted by Crippen LogP contribution is -2.58. The molecule has 6 heterocycles. The third-order valence-electron chi connectivity index (χ3n) is 26.5. The normalized spacial score (nSPS) is 12.9. The molecule has 0 aliphatic carbocycles. The number of hydrogen-bond acceptors (Lipinski definition) is 5. The van der Waals surface area contributed by atoms with Gasteiger partial charge in [0.1, 0.15) is 0 Å². The van der Waals surface area contributed by atoms with E-state index in [1.165, 1.54) is 214 Å². The molecule has 0 saturated carbocycles. The highest BCUT2D eigenvalue weighted by molar-refractivity contribution is 8.02. The van der Waals surface area contributed by atoms with Crippen LogP contribution in [0.2, 0.25) is 0 Å². The Labute approximate surface area is 749 Å². The van der Waals surface area contributed by atoms with E-state index in [2.05, 4.69) is 436 Å². The Morgan fingerprint density at radius 2 is 0.500 bits per heavy atom. The van der Waals surface area contributed by atoms with E-state index in [0.717, 1.165) is 27.9 Å². The highest BCUT2D eigenvalue weighted by Gasteiger charge is 2.41. The molecule has 3 nitrogen and oxygen atoms in total. The van der Waals surface area contributed by atoms with E-state index >= 15 is 0 Å². The average molecular weight is 1670 g/mol. The van der Waals surface area contributed by atoms with Gasteiger partial charge in [-0.1, -0.05) is 381 Å². The lowest BCUT2D eigenvalue weighted by Gasteiger charge is -2.33. The van der Waals surface area contributed by atoms with Crippen molar-refractivity contribution in [3.05, 3.63) is 412 Å². The molecule has 0 atom stereocenters. The molecule has 4 aliphatic heterocycles. The quantitative estimate of drug-likeness (QED) is 0.112. The molecule has 4 aliphatic rings. The van der Waals surface area contributed by atoms with E-state index in [9.17, 15) is 5.26 Å². The van der Waals surface area contributed by atoms with E-state index in [1.807, 2.05) is 47.0 Å². The topological polar surface area (TPSA) is 33.6 Å². The van der Waals surface area contributed by atoms with Gasteiger partial charge in [-0.3, -0.25) is 0 Å². The molecule has 20 aromatic carbocycles. The van der Waals surface area contributed by atoms with E-state index in [0.29, 0.717) is 5.56 Å². The standard InChI is InChI=1S/C60H42BNS2.C57H33BN2S2/c1-60(2,3)41-32-38(31-40(33-41)58-47-23-9-7-21-45(47)57(37-17-5-4-6-18-37)46-22-8-10-24-48(46)58)39-34-55-59-56(35-39)64-54-36-42(29-30-50(54)61(59)49-25-13-16-28-53(49)63-55)62-51-26-14-11-19-43(51)44-20-12-15-27-52(44)62;59-34-35-28-37(30-39(29-35)56-45-20-6-4-18-43(45)55(36-14-2-1-3-15-36)44-19-5-7-21-46(44)56)38-31-53-57-54(32-38)62-52-33-40(26-27-48(52)58(57)47-22-10-13-25-51(47)61-53)60-49-23-11-8-16-41(49)42-17-9-12-24-50(42)60/h4-36H,1-3H3;1-33H. The van der Waals surface area contributed by atoms with Crippen LogP contribution in [0.4, 0.5) is 0 Å². The Bertz CT molecular complexity index is 8220. The molecule has 0 bridgehead atoms. The summed E-state index contributed by atoms with van der Waals surface area (Å²) in [4.78, 5) is 10.5. The third kappa shape index (κ3) is 12.0. The number of nitriles is 1. The van der Waals surface area contributed by atoms with Crippen LogP contribution in [-0.2, 0) is 5.41 Å². The van der Waals surface area contributed by atoms with Gasteiger partial charge in [-0.25, -0.2) is 0 Å². The first-order valence-electron chi connectivity index (χ1n) is 43.3. The molecule has 126 heavy (non-hydrogen) atoms. The average Bonchev–Trinajstić information content (AvgIpc) is 1.23. The van der Waals surface area contributed by atoms with Crippen LogP contribution in [0, 0.1) is 11.3 Å². The summed E-state index contributed by atoms with van der Waals surface area (Å²) >= 11 is 7.62. The Hall–Kier alpha value is -13.9. The van der Waals surface area contributed by atoms with Crippen LogP contribution in [0.15, 0.2) is 440 Å². The maximum atomic E-state index is 10.6. The lowest BCUT2D eigenvalue weighted by molar-refractivity contribution is 0.591. The van der Waals surface area contributed by atoms with Gasteiger partial charge in [0.05, 0.1) is 33.7 Å². The van der Waals surface area contributed by atoms with Crippen molar-refractivity contribution in [1.82, 2.24) is 9.13 Å². The molecule has 22 aromatic rings. The molecule has 2 aromatic heterocycles. The van der Waals surface area contributed by atoms with Gasteiger partial charge in [0.15, 0.2) is 0 Å². The molecule has 0 saturated heterocycles. The van der Waals surface area contributed by atoms with Crippen molar-refractivity contribution in [1.29, 1.82) is 5.26 Å². The second-order valence-electron chi connectivity index (χ2n) is 34.7. The number of rotatable bonds is 8. The van der Waals surface area contributed by atoms with Crippen LogP contribution in [0.25, 0.3) is 165 Å². The predicted octanol–water partition coefficient (Wildman–Crippen LogP) is 28.2. The van der Waals surface area contributed by atoms with Crippen LogP contribution in [0.5, 0.6) is 0 Å². The molecule has 26 rings (SSSR count). The van der Waals surface area contributed by atoms with Crippen molar-refractivity contribution in [2.75, 3.05) is 0 Å². The van der Waals surface area contributed by atoms with E-state index in [-0.39, 0.29) is 18.8 Å². The smallest absolute Gasteiger partial charge is 0.247 e. The fourth-order valence-electron chi connectivity index (χ4n) is 21.0. The van der Waals surface area contributed by atoms with Crippen molar-refractivity contribution in [2.45, 2.75) is 65.4 Å². The van der Waals surface area contributed by atoms with Crippen molar-refractivity contribution in [3.8, 4) is 84.2 Å². The number of benzene rings is 20. The summed E-state index contributed by atoms with van der Waals surface area (Å²) in [7, 11) is 0. The summed E-state index contributed by atoms with van der Waals surface area (Å²) in [5.74, 6) is 0. The first kappa shape index (κ1) is 74.7. The first-order valence-corrected chi connectivity index (χ1v) is 46.5. The van der Waals surface area contributed by atoms with Gasteiger partial charge >= 0.3 is 0 Å². The van der Waals surface area contributed by atoms with Gasteiger partial charge in [-0.05, 0) is 241 Å². The fraction of sp³-hybridized carbons (Fsp3) is 0.0342. The molecule has 0 N–H and O–H groups in total. The Morgan fingerprint density at radius 3 is 0.857 bits per heavy atom. The van der Waals surface area contributed by atoms with Gasteiger partial charge in [0, 0.05) is 72.1 Å². The molecule has 0 spiro atoms. The Balaban J connectivity index is 0.000000137. The van der Waals surface area contributed by atoms with Gasteiger partial charge in [0.2, 0.25) is 13.4 Å². The number of nitrogens with zero attached hydrogens (tertiary/aromatic N) is 3. The molecule has 0 radical (unpaired) electrons. The minimum atomic E-state index is -0.0709. The summed E-state index contributed by atoms with van der Waals surface area (Å²) in [5.41, 5.74) is 31.8. The van der Waals surface area contributed by atoms with Crippen molar-refractivity contribution < 1.29 is 0 Å². The summed E-state index contributed by atoms with van der Waals surface area (Å²) in [6.07, 6.45) is 0. The largest absolute Gasteiger partial charge is 0.309 e. The predicted molar refractivity (Wildman–Crippen MR) is 539 cm³/mol. The highest BCUT2D eigenvalue weighted by atomic mass is 32.2. The summed E-state index contributed by atoms with van der Waals surface area (Å²) in [6, 6.07) is 151. The number of fused-ring (bicyclic) bond motifs is 18. The number of hydrogen-bond donors (Lipinski definition) is 0. The molecule has 0 fully saturated rings. The van der Waals surface area contributed by atoms with Gasteiger partial charge < -0.3 is 9.13 Å². The zero-order valence-corrected chi connectivity index (χ0v) is 72.5. The van der Waals surface area contributed by atoms with E-state index < -0.39 is 0 Å². The van der Waals surface area contributed by atoms with Gasteiger partial charge in [0.25, 0.3) is 0 Å². The fourth-order valence-corrected chi connectivity index (χ4v) is 26.0. The van der Waals surface area contributed by atoms with Crippen molar-refractivity contribution in [2.24, 2.45) is 0 Å². The Kier molecular flexibility index (Phi) is 17.6. The highest BCUT2D eigenvalue weighted by Crippen LogP contribution is 2.51. The monoisotopic (exact) mass is 1670 g/mol. The zero-order valence-electron chi connectivity index (χ0n) is 69.2.